The van der Waals surface area contributed by atoms with Crippen molar-refractivity contribution in [1.82, 2.24) is 0 Å². The maximum atomic E-state index is 2.60. The second kappa shape index (κ2) is 14.5. The van der Waals surface area contributed by atoms with Crippen molar-refractivity contribution >= 4 is 66.4 Å². The summed E-state index contributed by atoms with van der Waals surface area (Å²) in [5.74, 6) is 0. The topological polar surface area (TPSA) is 6.48 Å². The molecule has 0 amide bonds. The number of hydrogen-bond acceptors (Lipinski definition) is 2. The van der Waals surface area contributed by atoms with Gasteiger partial charge < -0.3 is 9.80 Å². The van der Waals surface area contributed by atoms with Crippen molar-refractivity contribution in [3.63, 3.8) is 0 Å². The molecule has 12 rings (SSSR count). The Morgan fingerprint density at radius 2 is 0.697 bits per heavy atom. The monoisotopic (exact) mass is 850 g/mol. The summed E-state index contributed by atoms with van der Waals surface area (Å²) in [7, 11) is 0. The van der Waals surface area contributed by atoms with Crippen molar-refractivity contribution < 1.29 is 0 Å². The average molecular weight is 851 g/mol. The molecule has 0 radical (unpaired) electrons. The fourth-order valence-corrected chi connectivity index (χ4v) is 11.5. The summed E-state index contributed by atoms with van der Waals surface area (Å²) >= 11 is 0. The van der Waals surface area contributed by atoms with Crippen LogP contribution in [0.25, 0.3) is 54.6 Å². The van der Waals surface area contributed by atoms with Crippen molar-refractivity contribution in [1.29, 1.82) is 0 Å². The van der Waals surface area contributed by atoms with E-state index in [1.807, 2.05) is 0 Å². The first-order valence-electron chi connectivity index (χ1n) is 23.5. The van der Waals surface area contributed by atoms with Crippen LogP contribution in [-0.4, -0.2) is 0 Å². The maximum absolute atomic E-state index is 2.60. The zero-order valence-electron chi connectivity index (χ0n) is 39.2. The van der Waals surface area contributed by atoms with E-state index >= 15 is 0 Å². The number of benzene rings is 10. The van der Waals surface area contributed by atoms with E-state index in [0.29, 0.717) is 0 Å². The van der Waals surface area contributed by atoms with Crippen molar-refractivity contribution in [3.05, 3.63) is 226 Å². The molecule has 66 heavy (non-hydrogen) atoms. The molecular weight excluding hydrogens is 797 g/mol. The van der Waals surface area contributed by atoms with E-state index in [0.717, 1.165) is 22.7 Å². The highest BCUT2D eigenvalue weighted by atomic mass is 15.1. The molecule has 0 heterocycles. The van der Waals surface area contributed by atoms with Crippen LogP contribution in [-0.2, 0) is 10.8 Å². The van der Waals surface area contributed by atoms with Crippen LogP contribution in [0, 0.1) is 27.7 Å². The van der Waals surface area contributed by atoms with Gasteiger partial charge in [0.05, 0.1) is 11.4 Å². The van der Waals surface area contributed by atoms with Gasteiger partial charge in [-0.15, -0.1) is 0 Å². The van der Waals surface area contributed by atoms with E-state index in [-0.39, 0.29) is 10.8 Å². The zero-order chi connectivity index (χ0) is 45.2. The number of anilines is 6. The van der Waals surface area contributed by atoms with Gasteiger partial charge in [-0.2, -0.15) is 0 Å². The first kappa shape index (κ1) is 40.1. The fraction of sp³-hybridized carbons (Fsp3) is 0.156. The van der Waals surface area contributed by atoms with Gasteiger partial charge in [-0.25, -0.2) is 0 Å². The second-order valence-corrected chi connectivity index (χ2v) is 20.1. The van der Waals surface area contributed by atoms with Gasteiger partial charge in [-0.05, 0) is 160 Å². The Labute approximate surface area is 389 Å². The summed E-state index contributed by atoms with van der Waals surface area (Å²) < 4.78 is 0. The Hall–Kier alpha value is -7.42. The van der Waals surface area contributed by atoms with E-state index in [4.69, 9.17) is 0 Å². The van der Waals surface area contributed by atoms with Gasteiger partial charge in [-0.3, -0.25) is 0 Å². The van der Waals surface area contributed by atoms with Crippen molar-refractivity contribution in [2.45, 2.75) is 66.2 Å². The number of hydrogen-bond donors (Lipinski definition) is 0. The molecule has 10 aromatic rings. The smallest absolute Gasteiger partial charge is 0.0543 e. The van der Waals surface area contributed by atoms with Crippen LogP contribution in [0.3, 0.4) is 0 Å². The standard InChI is InChI=1S/C64H54N2/c1-39-19-27-43(28-20-39)65(44-29-21-40(2)22-30-44)57-36-35-51-60-49(57)15-11-17-53(60)63(5,6)55-37-52-59-48-14-10-9-13-47(48)58(38-56(59)64(7,8)54-18-12-16-50(61(51)55)62(52)54)66(45-31-23-41(3)24-32-45)46-33-25-42(4)26-34-46/h9-38H,1-8H3. The van der Waals surface area contributed by atoms with Gasteiger partial charge in [-0.1, -0.05) is 165 Å². The van der Waals surface area contributed by atoms with E-state index in [1.54, 1.807) is 0 Å². The minimum atomic E-state index is -0.301. The highest BCUT2D eigenvalue weighted by Crippen LogP contribution is 2.60. The summed E-state index contributed by atoms with van der Waals surface area (Å²) in [5, 5.41) is 7.84. The van der Waals surface area contributed by atoms with E-state index < -0.39 is 0 Å². The molecule has 2 aliphatic rings. The average Bonchev–Trinajstić information content (AvgIpc) is 3.32. The zero-order valence-corrected chi connectivity index (χ0v) is 39.2. The molecule has 0 saturated carbocycles. The Balaban J connectivity index is 1.13. The van der Waals surface area contributed by atoms with Crippen LogP contribution in [0.15, 0.2) is 182 Å². The molecule has 2 nitrogen and oxygen atoms in total. The van der Waals surface area contributed by atoms with Crippen molar-refractivity contribution in [2.75, 3.05) is 9.80 Å². The molecule has 0 aliphatic heterocycles. The third-order valence-electron chi connectivity index (χ3n) is 15.1. The molecule has 0 aromatic heterocycles. The lowest BCUT2D eigenvalue weighted by atomic mass is 9.62. The third-order valence-corrected chi connectivity index (χ3v) is 15.1. The van der Waals surface area contributed by atoms with E-state index in [2.05, 4.69) is 247 Å². The molecule has 320 valence electrons. The number of rotatable bonds is 6. The molecule has 2 heteroatoms. The lowest BCUT2D eigenvalue weighted by molar-refractivity contribution is 0.640. The van der Waals surface area contributed by atoms with Gasteiger partial charge in [0.15, 0.2) is 0 Å². The molecular formula is C64H54N2. The summed E-state index contributed by atoms with van der Waals surface area (Å²) in [6.07, 6.45) is 0. The van der Waals surface area contributed by atoms with E-state index in [1.165, 1.54) is 110 Å². The minimum Gasteiger partial charge on any atom is -0.310 e. The molecule has 0 atom stereocenters. The lowest BCUT2D eigenvalue weighted by Crippen LogP contribution is -2.27. The molecule has 0 unspecified atom stereocenters. The van der Waals surface area contributed by atoms with Gasteiger partial charge in [0, 0.05) is 44.4 Å². The SMILES string of the molecule is Cc1ccc(N(c2ccc(C)cc2)c2cc3c(c4ccccc24)-c2cc4c(c5cccc(c25)C3(C)C)-c2ccc(N(c3ccc(C)cc3)c3ccc(C)cc3)c3cccc(c23)C4(C)C)cc1. The highest BCUT2D eigenvalue weighted by molar-refractivity contribution is 6.21. The summed E-state index contributed by atoms with van der Waals surface area (Å²) in [6, 6.07) is 69.1. The normalized spacial score (nSPS) is 14.0. The Morgan fingerprint density at radius 1 is 0.303 bits per heavy atom. The van der Waals surface area contributed by atoms with Crippen LogP contribution < -0.4 is 9.80 Å². The molecule has 0 saturated heterocycles. The van der Waals surface area contributed by atoms with Crippen LogP contribution >= 0.6 is 0 Å². The molecule has 10 aromatic carbocycles. The summed E-state index contributed by atoms with van der Waals surface area (Å²) in [5.41, 5.74) is 22.2. The van der Waals surface area contributed by atoms with Crippen molar-refractivity contribution in [2.24, 2.45) is 0 Å². The largest absolute Gasteiger partial charge is 0.310 e. The maximum Gasteiger partial charge on any atom is 0.0543 e. The molecule has 0 fully saturated rings. The van der Waals surface area contributed by atoms with Gasteiger partial charge >= 0.3 is 0 Å². The van der Waals surface area contributed by atoms with Crippen molar-refractivity contribution in [3.8, 4) is 22.3 Å². The first-order valence-corrected chi connectivity index (χ1v) is 23.5. The van der Waals surface area contributed by atoms with E-state index in [9.17, 15) is 0 Å². The second-order valence-electron chi connectivity index (χ2n) is 20.1. The molecule has 2 aliphatic carbocycles. The Kier molecular flexibility index (Phi) is 8.84. The predicted molar refractivity (Wildman–Crippen MR) is 282 cm³/mol. The first-order chi connectivity index (χ1) is 31.9. The van der Waals surface area contributed by atoms with Gasteiger partial charge in [0.2, 0.25) is 0 Å². The highest BCUT2D eigenvalue weighted by Gasteiger charge is 2.41. The Morgan fingerprint density at radius 3 is 1.20 bits per heavy atom. The number of nitrogens with zero attached hydrogens (tertiary/aromatic N) is 2. The lowest BCUT2D eigenvalue weighted by Gasteiger charge is -2.41. The predicted octanol–water partition coefficient (Wildman–Crippen LogP) is 17.9. The summed E-state index contributed by atoms with van der Waals surface area (Å²) in [6.45, 7) is 18.4. The number of fused-ring (bicyclic) bond motifs is 7. The van der Waals surface area contributed by atoms with Crippen LogP contribution in [0.5, 0.6) is 0 Å². The van der Waals surface area contributed by atoms with Crippen LogP contribution in [0.2, 0.25) is 0 Å². The minimum absolute atomic E-state index is 0.295. The molecule has 0 N–H and O–H groups in total. The summed E-state index contributed by atoms with van der Waals surface area (Å²) in [4.78, 5) is 4.91. The third kappa shape index (κ3) is 5.87. The molecule has 0 bridgehead atoms. The Bertz CT molecular complexity index is 3500. The van der Waals surface area contributed by atoms with Crippen LogP contribution in [0.4, 0.5) is 34.1 Å². The fourth-order valence-electron chi connectivity index (χ4n) is 11.5. The van der Waals surface area contributed by atoms with Crippen LogP contribution in [0.1, 0.15) is 72.2 Å². The van der Waals surface area contributed by atoms with Gasteiger partial charge in [0.1, 0.15) is 0 Å². The quantitative estimate of drug-likeness (QED) is 0.164. The number of aryl methyl sites for hydroxylation is 4. The molecule has 0 spiro atoms. The van der Waals surface area contributed by atoms with Gasteiger partial charge in [0.25, 0.3) is 0 Å².